The zero-order valence-corrected chi connectivity index (χ0v) is 12.7. The van der Waals surface area contributed by atoms with E-state index < -0.39 is 18.1 Å². The first kappa shape index (κ1) is 18.1. The molecule has 6 heteroatoms. The lowest BCUT2D eigenvalue weighted by molar-refractivity contribution is -0.153. The van der Waals surface area contributed by atoms with Crippen LogP contribution in [0.25, 0.3) is 0 Å². The average molecular weight is 309 g/mol. The standard InChI is InChI=1S/C16H23NO5/c1-12(17)16(20)22-11-14(18)10-21-15(19)9-5-8-13-6-3-2-4-7-13/h2-4,6-7,12,14,18H,5,8-11,17H2,1H3/t12-,14?/m1/s1. The van der Waals surface area contributed by atoms with E-state index in [2.05, 4.69) is 0 Å². The van der Waals surface area contributed by atoms with Gasteiger partial charge in [-0.2, -0.15) is 0 Å². The molecule has 0 heterocycles. The SMILES string of the molecule is C[C@@H](N)C(=O)OCC(O)COC(=O)CCCc1ccccc1. The molecule has 0 spiro atoms. The monoisotopic (exact) mass is 309 g/mol. The van der Waals surface area contributed by atoms with E-state index >= 15 is 0 Å². The number of aliphatic hydroxyl groups is 1. The summed E-state index contributed by atoms with van der Waals surface area (Å²) in [6, 6.07) is 9.11. The van der Waals surface area contributed by atoms with Crippen LogP contribution in [-0.4, -0.2) is 42.4 Å². The summed E-state index contributed by atoms with van der Waals surface area (Å²) < 4.78 is 9.65. The first-order valence-corrected chi connectivity index (χ1v) is 7.29. The number of aryl methyl sites for hydroxylation is 1. The lowest BCUT2D eigenvalue weighted by Crippen LogP contribution is -2.32. The number of carbonyl (C=O) groups excluding carboxylic acids is 2. The zero-order valence-electron chi connectivity index (χ0n) is 12.7. The number of ether oxygens (including phenoxy) is 2. The van der Waals surface area contributed by atoms with Gasteiger partial charge in [0.25, 0.3) is 0 Å². The second kappa shape index (κ2) is 9.92. The molecular weight excluding hydrogens is 286 g/mol. The lowest BCUT2D eigenvalue weighted by Gasteiger charge is -2.13. The fraction of sp³-hybridized carbons (Fsp3) is 0.500. The van der Waals surface area contributed by atoms with E-state index in [-0.39, 0.29) is 25.6 Å². The fourth-order valence-corrected chi connectivity index (χ4v) is 1.70. The van der Waals surface area contributed by atoms with Crippen LogP contribution in [0.2, 0.25) is 0 Å². The predicted molar refractivity (Wildman–Crippen MR) is 81.0 cm³/mol. The lowest BCUT2D eigenvalue weighted by atomic mass is 10.1. The van der Waals surface area contributed by atoms with Crippen LogP contribution in [0, 0.1) is 0 Å². The maximum absolute atomic E-state index is 11.5. The summed E-state index contributed by atoms with van der Waals surface area (Å²) in [5.74, 6) is -0.985. The van der Waals surface area contributed by atoms with Crippen LogP contribution in [0.3, 0.4) is 0 Å². The molecule has 1 aromatic carbocycles. The van der Waals surface area contributed by atoms with E-state index in [1.54, 1.807) is 0 Å². The van der Waals surface area contributed by atoms with Crippen LogP contribution < -0.4 is 5.73 Å². The molecule has 0 fully saturated rings. The quantitative estimate of drug-likeness (QED) is 0.655. The topological polar surface area (TPSA) is 98.9 Å². The highest BCUT2D eigenvalue weighted by Crippen LogP contribution is 2.05. The molecule has 1 unspecified atom stereocenters. The van der Waals surface area contributed by atoms with Gasteiger partial charge in [0, 0.05) is 6.42 Å². The van der Waals surface area contributed by atoms with E-state index in [1.165, 1.54) is 6.92 Å². The van der Waals surface area contributed by atoms with E-state index in [0.29, 0.717) is 6.42 Å². The first-order chi connectivity index (χ1) is 10.5. The second-order valence-corrected chi connectivity index (χ2v) is 5.09. The molecule has 0 radical (unpaired) electrons. The molecule has 122 valence electrons. The van der Waals surface area contributed by atoms with Gasteiger partial charge in [0.05, 0.1) is 0 Å². The van der Waals surface area contributed by atoms with Crippen molar-refractivity contribution < 1.29 is 24.2 Å². The zero-order chi connectivity index (χ0) is 16.4. The number of hydrogen-bond acceptors (Lipinski definition) is 6. The second-order valence-electron chi connectivity index (χ2n) is 5.09. The van der Waals surface area contributed by atoms with Crippen molar-refractivity contribution in [1.29, 1.82) is 0 Å². The molecule has 0 bridgehead atoms. The first-order valence-electron chi connectivity index (χ1n) is 7.29. The van der Waals surface area contributed by atoms with Crippen molar-refractivity contribution in [3.05, 3.63) is 35.9 Å². The number of hydrogen-bond donors (Lipinski definition) is 2. The minimum absolute atomic E-state index is 0.198. The maximum Gasteiger partial charge on any atom is 0.322 e. The van der Waals surface area contributed by atoms with Crippen molar-refractivity contribution >= 4 is 11.9 Å². The molecule has 0 amide bonds. The molecule has 0 saturated heterocycles. The van der Waals surface area contributed by atoms with Crippen LogP contribution in [0.4, 0.5) is 0 Å². The Bertz CT molecular complexity index is 461. The van der Waals surface area contributed by atoms with Gasteiger partial charge < -0.3 is 20.3 Å². The Labute approximate surface area is 130 Å². The number of aliphatic hydroxyl groups excluding tert-OH is 1. The van der Waals surface area contributed by atoms with Gasteiger partial charge in [-0.15, -0.1) is 0 Å². The number of benzene rings is 1. The Hall–Kier alpha value is -1.92. The number of rotatable bonds is 9. The summed E-state index contributed by atoms with van der Waals surface area (Å²) in [6.07, 6.45) is 0.713. The Morgan fingerprint density at radius 2 is 1.82 bits per heavy atom. The highest BCUT2D eigenvalue weighted by Gasteiger charge is 2.14. The summed E-state index contributed by atoms with van der Waals surface area (Å²) in [4.78, 5) is 22.6. The summed E-state index contributed by atoms with van der Waals surface area (Å²) in [5.41, 5.74) is 6.47. The Morgan fingerprint density at radius 3 is 2.45 bits per heavy atom. The van der Waals surface area contributed by atoms with Gasteiger partial charge in [0.1, 0.15) is 25.4 Å². The van der Waals surface area contributed by atoms with Gasteiger partial charge in [-0.3, -0.25) is 9.59 Å². The Balaban J connectivity index is 2.11. The van der Waals surface area contributed by atoms with Gasteiger partial charge in [-0.05, 0) is 25.3 Å². The number of esters is 2. The van der Waals surface area contributed by atoms with Crippen molar-refractivity contribution in [2.45, 2.75) is 38.3 Å². The maximum atomic E-state index is 11.5. The highest BCUT2D eigenvalue weighted by molar-refractivity contribution is 5.74. The number of nitrogens with two attached hydrogens (primary N) is 1. The molecule has 1 aromatic rings. The van der Waals surface area contributed by atoms with Crippen LogP contribution in [0.15, 0.2) is 30.3 Å². The summed E-state index contributed by atoms with van der Waals surface area (Å²) in [5, 5.41) is 9.54. The molecule has 2 atom stereocenters. The average Bonchev–Trinajstić information content (AvgIpc) is 2.51. The molecule has 1 rings (SSSR count). The third-order valence-electron chi connectivity index (χ3n) is 2.92. The van der Waals surface area contributed by atoms with Gasteiger partial charge in [-0.1, -0.05) is 30.3 Å². The molecule has 0 aliphatic heterocycles. The van der Waals surface area contributed by atoms with E-state index in [9.17, 15) is 14.7 Å². The van der Waals surface area contributed by atoms with Crippen LogP contribution in [-0.2, 0) is 25.5 Å². The van der Waals surface area contributed by atoms with Gasteiger partial charge >= 0.3 is 11.9 Å². The van der Waals surface area contributed by atoms with Crippen LogP contribution >= 0.6 is 0 Å². The minimum Gasteiger partial charge on any atom is -0.463 e. The minimum atomic E-state index is -1.04. The molecule has 6 nitrogen and oxygen atoms in total. The predicted octanol–water partition coefficient (Wildman–Crippen LogP) is 0.804. The molecular formula is C16H23NO5. The summed E-state index contributed by atoms with van der Waals surface area (Å²) in [6.45, 7) is 1.05. The normalized spacial score (nSPS) is 13.2. The molecule has 0 aliphatic rings. The molecule has 0 saturated carbocycles. The summed E-state index contributed by atoms with van der Waals surface area (Å²) >= 11 is 0. The number of carbonyl (C=O) groups is 2. The van der Waals surface area contributed by atoms with E-state index in [0.717, 1.165) is 12.0 Å². The third kappa shape index (κ3) is 7.75. The Morgan fingerprint density at radius 1 is 1.18 bits per heavy atom. The molecule has 0 aliphatic carbocycles. The van der Waals surface area contributed by atoms with Crippen molar-refractivity contribution in [3.63, 3.8) is 0 Å². The van der Waals surface area contributed by atoms with E-state index in [1.807, 2.05) is 30.3 Å². The fourth-order valence-electron chi connectivity index (χ4n) is 1.70. The van der Waals surface area contributed by atoms with Gasteiger partial charge in [-0.25, -0.2) is 0 Å². The Kier molecular flexibility index (Phi) is 8.17. The van der Waals surface area contributed by atoms with Crippen molar-refractivity contribution in [3.8, 4) is 0 Å². The van der Waals surface area contributed by atoms with Gasteiger partial charge in [0.15, 0.2) is 0 Å². The molecule has 22 heavy (non-hydrogen) atoms. The van der Waals surface area contributed by atoms with E-state index in [4.69, 9.17) is 15.2 Å². The summed E-state index contributed by atoms with van der Waals surface area (Å²) in [7, 11) is 0. The van der Waals surface area contributed by atoms with Crippen molar-refractivity contribution in [2.75, 3.05) is 13.2 Å². The van der Waals surface area contributed by atoms with Crippen LogP contribution in [0.1, 0.15) is 25.3 Å². The van der Waals surface area contributed by atoms with Crippen LogP contribution in [0.5, 0.6) is 0 Å². The van der Waals surface area contributed by atoms with Crippen molar-refractivity contribution in [2.24, 2.45) is 5.73 Å². The van der Waals surface area contributed by atoms with Crippen molar-refractivity contribution in [1.82, 2.24) is 0 Å². The van der Waals surface area contributed by atoms with Gasteiger partial charge in [0.2, 0.25) is 0 Å². The molecule has 3 N–H and O–H groups in total. The smallest absolute Gasteiger partial charge is 0.322 e. The highest BCUT2D eigenvalue weighted by atomic mass is 16.6. The largest absolute Gasteiger partial charge is 0.463 e. The molecule has 0 aromatic heterocycles. The third-order valence-corrected chi connectivity index (χ3v) is 2.92.